The van der Waals surface area contributed by atoms with Gasteiger partial charge >= 0.3 is 0 Å². The molecule has 4 rings (SSSR count). The Kier molecular flexibility index (Phi) is 10.8. The molecule has 0 aliphatic heterocycles. The van der Waals surface area contributed by atoms with Gasteiger partial charge in [0.1, 0.15) is 12.6 Å². The summed E-state index contributed by atoms with van der Waals surface area (Å²) in [5, 5.41) is 3.18. The number of carbonyl (C=O) groups is 2. The minimum Gasteiger partial charge on any atom is -0.355 e. The highest BCUT2D eigenvalue weighted by atomic mass is 79.9. The predicted octanol–water partition coefficient (Wildman–Crippen LogP) is 6.07. The molecule has 2 amide bonds. The zero-order valence-corrected chi connectivity index (χ0v) is 26.1. The van der Waals surface area contributed by atoms with E-state index in [1.807, 2.05) is 61.5 Å². The molecular weight excluding hydrogens is 638 g/mol. The van der Waals surface area contributed by atoms with Gasteiger partial charge in [-0.15, -0.1) is 0 Å². The summed E-state index contributed by atoms with van der Waals surface area (Å²) < 4.78 is 29.7. The molecule has 10 heteroatoms. The maximum Gasteiger partial charge on any atom is 0.264 e. The second kappa shape index (κ2) is 14.5. The average molecular weight is 669 g/mol. The largest absolute Gasteiger partial charge is 0.355 e. The number of hydrogen-bond donors (Lipinski definition) is 1. The highest BCUT2D eigenvalue weighted by Gasteiger charge is 2.34. The van der Waals surface area contributed by atoms with Gasteiger partial charge in [-0.05, 0) is 60.5 Å². The van der Waals surface area contributed by atoms with Crippen molar-refractivity contribution in [3.63, 3.8) is 0 Å². The van der Waals surface area contributed by atoms with Crippen molar-refractivity contribution in [2.45, 2.75) is 30.8 Å². The van der Waals surface area contributed by atoms with Crippen LogP contribution in [0.2, 0.25) is 5.02 Å². The lowest BCUT2D eigenvalue weighted by atomic mass is 10.0. The molecule has 0 fully saturated rings. The van der Waals surface area contributed by atoms with Crippen LogP contribution in [0.3, 0.4) is 0 Å². The second-order valence-electron chi connectivity index (χ2n) is 9.56. The molecule has 7 nitrogen and oxygen atoms in total. The number of anilines is 1. The van der Waals surface area contributed by atoms with Crippen LogP contribution in [0.25, 0.3) is 0 Å². The summed E-state index contributed by atoms with van der Waals surface area (Å²) in [6.07, 6.45) is 0.245. The van der Waals surface area contributed by atoms with Crippen molar-refractivity contribution in [2.24, 2.45) is 0 Å². The van der Waals surface area contributed by atoms with Crippen molar-refractivity contribution in [1.82, 2.24) is 10.2 Å². The van der Waals surface area contributed by atoms with Crippen LogP contribution >= 0.6 is 27.5 Å². The summed E-state index contributed by atoms with van der Waals surface area (Å²) in [5.74, 6) is -0.869. The van der Waals surface area contributed by atoms with Crippen LogP contribution in [0, 0.1) is 0 Å². The molecular formula is C32H31BrClN3O4S. The third kappa shape index (κ3) is 8.00. The molecule has 218 valence electrons. The number of likely N-dealkylation sites (N-methyl/N-ethyl adjacent to an activating group) is 1. The molecule has 0 radical (unpaired) electrons. The summed E-state index contributed by atoms with van der Waals surface area (Å²) in [6, 6.07) is 30.2. The fourth-order valence-electron chi connectivity index (χ4n) is 4.56. The number of rotatable bonds is 12. The fourth-order valence-corrected chi connectivity index (χ4v) is 6.62. The van der Waals surface area contributed by atoms with Crippen LogP contribution in [0.4, 0.5) is 5.69 Å². The maximum absolute atomic E-state index is 14.3. The van der Waals surface area contributed by atoms with E-state index in [0.717, 1.165) is 19.9 Å². The molecule has 1 atom stereocenters. The molecule has 0 aliphatic carbocycles. The van der Waals surface area contributed by atoms with E-state index in [9.17, 15) is 18.0 Å². The number of nitrogens with zero attached hydrogens (tertiary/aromatic N) is 2. The molecule has 4 aromatic rings. The number of nitrogens with one attached hydrogen (secondary N) is 1. The van der Waals surface area contributed by atoms with Crippen LogP contribution in [-0.2, 0) is 32.6 Å². The number of carbonyl (C=O) groups excluding carboxylic acids is 2. The second-order valence-corrected chi connectivity index (χ2v) is 12.8. The van der Waals surface area contributed by atoms with E-state index in [1.165, 1.54) is 23.1 Å². The Bertz CT molecular complexity index is 1620. The highest BCUT2D eigenvalue weighted by Crippen LogP contribution is 2.27. The third-order valence-corrected chi connectivity index (χ3v) is 9.09. The van der Waals surface area contributed by atoms with Gasteiger partial charge in [-0.25, -0.2) is 8.42 Å². The first-order valence-electron chi connectivity index (χ1n) is 13.4. The Hall–Kier alpha value is -3.66. The normalized spacial score (nSPS) is 11.9. The van der Waals surface area contributed by atoms with Crippen LogP contribution < -0.4 is 9.62 Å². The zero-order chi connectivity index (χ0) is 30.1. The van der Waals surface area contributed by atoms with E-state index in [-0.39, 0.29) is 29.5 Å². The van der Waals surface area contributed by atoms with E-state index in [4.69, 9.17) is 11.6 Å². The highest BCUT2D eigenvalue weighted by molar-refractivity contribution is 9.10. The zero-order valence-electron chi connectivity index (χ0n) is 23.0. The van der Waals surface area contributed by atoms with Crippen molar-refractivity contribution in [3.8, 4) is 0 Å². The van der Waals surface area contributed by atoms with Crippen molar-refractivity contribution in [3.05, 3.63) is 130 Å². The Labute approximate surface area is 260 Å². The monoisotopic (exact) mass is 667 g/mol. The number of hydrogen-bond acceptors (Lipinski definition) is 4. The third-order valence-electron chi connectivity index (χ3n) is 6.57. The minimum atomic E-state index is -4.17. The molecule has 0 aliphatic rings. The van der Waals surface area contributed by atoms with Gasteiger partial charge in [0.15, 0.2) is 0 Å². The van der Waals surface area contributed by atoms with Crippen molar-refractivity contribution in [1.29, 1.82) is 0 Å². The van der Waals surface area contributed by atoms with Gasteiger partial charge in [0.25, 0.3) is 10.0 Å². The van der Waals surface area contributed by atoms with Gasteiger partial charge in [-0.3, -0.25) is 13.9 Å². The number of benzene rings is 4. The molecule has 0 bridgehead atoms. The minimum absolute atomic E-state index is 0.0286. The lowest BCUT2D eigenvalue weighted by molar-refractivity contribution is -0.140. The Morgan fingerprint density at radius 2 is 1.50 bits per heavy atom. The maximum atomic E-state index is 14.3. The van der Waals surface area contributed by atoms with Gasteiger partial charge in [-0.1, -0.05) is 94.3 Å². The Morgan fingerprint density at radius 3 is 2.14 bits per heavy atom. The molecule has 1 N–H and O–H groups in total. The van der Waals surface area contributed by atoms with Gasteiger partial charge in [0.2, 0.25) is 11.8 Å². The summed E-state index contributed by atoms with van der Waals surface area (Å²) in [7, 11) is -4.17. The summed E-state index contributed by atoms with van der Waals surface area (Å²) in [4.78, 5) is 29.3. The topological polar surface area (TPSA) is 86.8 Å². The molecule has 42 heavy (non-hydrogen) atoms. The molecule has 4 aromatic carbocycles. The quantitative estimate of drug-likeness (QED) is 0.199. The van der Waals surface area contributed by atoms with Crippen LogP contribution in [0.1, 0.15) is 18.1 Å². The first-order chi connectivity index (χ1) is 20.2. The van der Waals surface area contributed by atoms with Crippen molar-refractivity contribution >= 4 is 55.1 Å². The van der Waals surface area contributed by atoms with E-state index < -0.39 is 28.5 Å². The Balaban J connectivity index is 1.79. The van der Waals surface area contributed by atoms with E-state index in [2.05, 4.69) is 21.2 Å². The van der Waals surface area contributed by atoms with Crippen LogP contribution in [0.5, 0.6) is 0 Å². The first kappa shape index (κ1) is 31.3. The Morgan fingerprint density at radius 1 is 0.857 bits per heavy atom. The van der Waals surface area contributed by atoms with E-state index in [1.54, 1.807) is 36.4 Å². The lowest BCUT2D eigenvalue weighted by Crippen LogP contribution is -2.53. The number of halogens is 2. The average Bonchev–Trinajstić information content (AvgIpc) is 2.98. The fraction of sp³-hybridized carbons (Fsp3) is 0.188. The molecule has 0 saturated heterocycles. The standard InChI is InChI=1S/C32H31BrClN3O4S/c1-2-35-32(39)30(20-24-11-5-3-6-12-24)36(22-25-13-9-14-26(33)19-25)31(38)23-37(28-16-10-15-27(34)21-28)42(40,41)29-17-7-4-8-18-29/h3-19,21,30H,2,20,22-23H2,1H3,(H,35,39)/t30-/m1/s1. The molecule has 0 saturated carbocycles. The molecule has 0 spiro atoms. The predicted molar refractivity (Wildman–Crippen MR) is 170 cm³/mol. The van der Waals surface area contributed by atoms with Crippen molar-refractivity contribution in [2.75, 3.05) is 17.4 Å². The first-order valence-corrected chi connectivity index (χ1v) is 16.0. The van der Waals surface area contributed by atoms with Crippen molar-refractivity contribution < 1.29 is 18.0 Å². The van der Waals surface area contributed by atoms with Crippen LogP contribution in [0.15, 0.2) is 119 Å². The summed E-state index contributed by atoms with van der Waals surface area (Å²) in [6.45, 7) is 1.73. The number of sulfonamides is 1. The van der Waals surface area contributed by atoms with Gasteiger partial charge in [0.05, 0.1) is 10.6 Å². The van der Waals surface area contributed by atoms with E-state index >= 15 is 0 Å². The SMILES string of the molecule is CCNC(=O)[C@@H](Cc1ccccc1)N(Cc1cccc(Br)c1)C(=O)CN(c1cccc(Cl)c1)S(=O)(=O)c1ccccc1. The van der Waals surface area contributed by atoms with Gasteiger partial charge in [-0.2, -0.15) is 0 Å². The number of amides is 2. The molecule has 0 unspecified atom stereocenters. The lowest BCUT2D eigenvalue weighted by Gasteiger charge is -2.34. The van der Waals surface area contributed by atoms with E-state index in [0.29, 0.717) is 11.6 Å². The summed E-state index contributed by atoms with van der Waals surface area (Å²) >= 11 is 9.73. The molecule has 0 heterocycles. The van der Waals surface area contributed by atoms with Gasteiger partial charge in [0, 0.05) is 29.0 Å². The van der Waals surface area contributed by atoms with Crippen LogP contribution in [-0.4, -0.2) is 44.3 Å². The smallest absolute Gasteiger partial charge is 0.264 e. The van der Waals surface area contributed by atoms with Gasteiger partial charge < -0.3 is 10.2 Å². The molecule has 0 aromatic heterocycles. The summed E-state index contributed by atoms with van der Waals surface area (Å²) in [5.41, 5.74) is 1.88.